The molecule has 0 N–H and O–H groups in total. The summed E-state index contributed by atoms with van der Waals surface area (Å²) in [6.45, 7) is 4.84. The molecule has 0 radical (unpaired) electrons. The Labute approximate surface area is 72.0 Å². The molecule has 0 aromatic carbocycles. The zero-order valence-electron chi connectivity index (χ0n) is 7.46. The number of rotatable bonds is 2. The van der Waals surface area contributed by atoms with Gasteiger partial charge in [-0.1, -0.05) is 0 Å². The maximum Gasteiger partial charge on any atom is 0.246 e. The first kappa shape index (κ1) is 8.97. The fourth-order valence-corrected chi connectivity index (χ4v) is 1.27. The lowest BCUT2D eigenvalue weighted by atomic mass is 10.0. The SMILES string of the molecule is CCN1CCC(C(C)=O)=CC1=O. The van der Waals surface area contributed by atoms with Gasteiger partial charge in [-0.25, -0.2) is 0 Å². The Hall–Kier alpha value is -1.12. The lowest BCUT2D eigenvalue weighted by Gasteiger charge is -2.23. The van der Waals surface area contributed by atoms with Gasteiger partial charge in [-0.15, -0.1) is 0 Å². The topological polar surface area (TPSA) is 37.4 Å². The third-order valence-corrected chi connectivity index (χ3v) is 2.09. The second kappa shape index (κ2) is 3.52. The molecular weight excluding hydrogens is 154 g/mol. The predicted molar refractivity (Wildman–Crippen MR) is 45.6 cm³/mol. The summed E-state index contributed by atoms with van der Waals surface area (Å²) in [4.78, 5) is 23.9. The molecular formula is C9H13NO2. The third-order valence-electron chi connectivity index (χ3n) is 2.09. The molecule has 0 aromatic rings. The van der Waals surface area contributed by atoms with Gasteiger partial charge in [-0.05, 0) is 20.3 Å². The van der Waals surface area contributed by atoms with E-state index in [1.54, 1.807) is 4.90 Å². The van der Waals surface area contributed by atoms with Crippen molar-refractivity contribution >= 4 is 11.7 Å². The fourth-order valence-electron chi connectivity index (χ4n) is 1.27. The summed E-state index contributed by atoms with van der Waals surface area (Å²) in [5, 5.41) is 0. The molecule has 0 aromatic heterocycles. The highest BCUT2D eigenvalue weighted by atomic mass is 16.2. The lowest BCUT2D eigenvalue weighted by Crippen LogP contribution is -2.34. The van der Waals surface area contributed by atoms with Gasteiger partial charge in [0, 0.05) is 24.7 Å². The van der Waals surface area contributed by atoms with Crippen molar-refractivity contribution in [1.29, 1.82) is 0 Å². The third kappa shape index (κ3) is 1.72. The van der Waals surface area contributed by atoms with Crippen LogP contribution in [-0.4, -0.2) is 29.7 Å². The Bertz CT molecular complexity index is 243. The van der Waals surface area contributed by atoms with Crippen molar-refractivity contribution in [3.05, 3.63) is 11.6 Å². The van der Waals surface area contributed by atoms with Gasteiger partial charge in [0.15, 0.2) is 5.78 Å². The summed E-state index contributed by atoms with van der Waals surface area (Å²) >= 11 is 0. The van der Waals surface area contributed by atoms with Crippen LogP contribution in [0.1, 0.15) is 20.3 Å². The highest BCUT2D eigenvalue weighted by Crippen LogP contribution is 2.11. The minimum Gasteiger partial charge on any atom is -0.339 e. The average molecular weight is 167 g/mol. The summed E-state index contributed by atoms with van der Waals surface area (Å²) in [5.41, 5.74) is 0.657. The molecule has 1 rings (SSSR count). The van der Waals surface area contributed by atoms with Crippen LogP contribution in [0.3, 0.4) is 0 Å². The zero-order chi connectivity index (χ0) is 9.14. The number of carbonyl (C=O) groups is 2. The minimum absolute atomic E-state index is 0.0131. The predicted octanol–water partition coefficient (Wildman–Crippen LogP) is 0.754. The van der Waals surface area contributed by atoms with Crippen molar-refractivity contribution < 1.29 is 9.59 Å². The molecule has 3 nitrogen and oxygen atoms in total. The minimum atomic E-state index is -0.0334. The second-order valence-electron chi connectivity index (χ2n) is 2.89. The summed E-state index contributed by atoms with van der Waals surface area (Å²) in [6, 6.07) is 0. The molecule has 66 valence electrons. The Morgan fingerprint density at radius 3 is 2.75 bits per heavy atom. The van der Waals surface area contributed by atoms with Crippen LogP contribution in [0.4, 0.5) is 0 Å². The largest absolute Gasteiger partial charge is 0.339 e. The monoisotopic (exact) mass is 167 g/mol. The molecule has 3 heteroatoms. The highest BCUT2D eigenvalue weighted by molar-refractivity contribution is 6.02. The molecule has 0 bridgehead atoms. The molecule has 12 heavy (non-hydrogen) atoms. The number of hydrogen-bond acceptors (Lipinski definition) is 2. The van der Waals surface area contributed by atoms with E-state index in [0.717, 1.165) is 6.54 Å². The molecule has 1 aliphatic rings. The van der Waals surface area contributed by atoms with Gasteiger partial charge in [0.2, 0.25) is 5.91 Å². The highest BCUT2D eigenvalue weighted by Gasteiger charge is 2.18. The molecule has 0 saturated carbocycles. The maximum absolute atomic E-state index is 11.2. The van der Waals surface area contributed by atoms with Gasteiger partial charge in [0.05, 0.1) is 0 Å². The molecule has 1 heterocycles. The van der Waals surface area contributed by atoms with E-state index in [9.17, 15) is 9.59 Å². The molecule has 1 amide bonds. The first-order chi connectivity index (χ1) is 5.65. The zero-order valence-corrected chi connectivity index (χ0v) is 7.46. The van der Waals surface area contributed by atoms with Crippen LogP contribution >= 0.6 is 0 Å². The van der Waals surface area contributed by atoms with E-state index in [1.807, 2.05) is 6.92 Å². The van der Waals surface area contributed by atoms with Gasteiger partial charge in [0.1, 0.15) is 0 Å². The number of nitrogens with zero attached hydrogens (tertiary/aromatic N) is 1. The number of hydrogen-bond donors (Lipinski definition) is 0. The fraction of sp³-hybridized carbons (Fsp3) is 0.556. The van der Waals surface area contributed by atoms with Crippen LogP contribution < -0.4 is 0 Å². The van der Waals surface area contributed by atoms with Crippen molar-refractivity contribution in [1.82, 2.24) is 4.90 Å². The second-order valence-corrected chi connectivity index (χ2v) is 2.89. The number of likely N-dealkylation sites (N-methyl/N-ethyl adjacent to an activating group) is 1. The maximum atomic E-state index is 11.2. The Morgan fingerprint density at radius 2 is 2.33 bits per heavy atom. The number of amides is 1. The first-order valence-corrected chi connectivity index (χ1v) is 4.15. The molecule has 0 saturated heterocycles. The smallest absolute Gasteiger partial charge is 0.246 e. The molecule has 0 unspecified atom stereocenters. The van der Waals surface area contributed by atoms with Crippen LogP contribution in [-0.2, 0) is 9.59 Å². The van der Waals surface area contributed by atoms with E-state index in [-0.39, 0.29) is 11.7 Å². The van der Waals surface area contributed by atoms with Crippen molar-refractivity contribution in [3.8, 4) is 0 Å². The summed E-state index contributed by atoms with van der Waals surface area (Å²) in [6.07, 6.45) is 2.16. The summed E-state index contributed by atoms with van der Waals surface area (Å²) in [7, 11) is 0. The van der Waals surface area contributed by atoms with Crippen molar-refractivity contribution in [3.63, 3.8) is 0 Å². The van der Waals surface area contributed by atoms with Gasteiger partial charge in [0.25, 0.3) is 0 Å². The lowest BCUT2D eigenvalue weighted by molar-refractivity contribution is -0.127. The van der Waals surface area contributed by atoms with Gasteiger partial charge in [-0.2, -0.15) is 0 Å². The molecule has 0 atom stereocenters. The Morgan fingerprint density at radius 1 is 1.67 bits per heavy atom. The van der Waals surface area contributed by atoms with Crippen LogP contribution in [0.2, 0.25) is 0 Å². The van der Waals surface area contributed by atoms with E-state index < -0.39 is 0 Å². The number of carbonyl (C=O) groups excluding carboxylic acids is 2. The van der Waals surface area contributed by atoms with E-state index in [4.69, 9.17) is 0 Å². The van der Waals surface area contributed by atoms with Crippen molar-refractivity contribution in [2.24, 2.45) is 0 Å². The van der Waals surface area contributed by atoms with Gasteiger partial charge < -0.3 is 4.90 Å². The van der Waals surface area contributed by atoms with Crippen LogP contribution in [0.25, 0.3) is 0 Å². The first-order valence-electron chi connectivity index (χ1n) is 4.15. The van der Waals surface area contributed by atoms with Crippen molar-refractivity contribution in [2.45, 2.75) is 20.3 Å². The number of ketones is 1. The Balaban J connectivity index is 2.75. The molecule has 1 aliphatic heterocycles. The van der Waals surface area contributed by atoms with Crippen LogP contribution in [0, 0.1) is 0 Å². The van der Waals surface area contributed by atoms with E-state index in [0.29, 0.717) is 18.5 Å². The van der Waals surface area contributed by atoms with Crippen molar-refractivity contribution in [2.75, 3.05) is 13.1 Å². The summed E-state index contributed by atoms with van der Waals surface area (Å²) in [5.74, 6) is -0.0203. The van der Waals surface area contributed by atoms with Crippen LogP contribution in [0.15, 0.2) is 11.6 Å². The molecule has 0 spiro atoms. The quantitative estimate of drug-likeness (QED) is 0.608. The van der Waals surface area contributed by atoms with E-state index in [2.05, 4.69) is 0 Å². The normalized spacial score (nSPS) is 17.7. The van der Waals surface area contributed by atoms with Gasteiger partial charge in [-0.3, -0.25) is 9.59 Å². The van der Waals surface area contributed by atoms with E-state index in [1.165, 1.54) is 13.0 Å². The van der Waals surface area contributed by atoms with Gasteiger partial charge >= 0.3 is 0 Å². The van der Waals surface area contributed by atoms with Crippen LogP contribution in [0.5, 0.6) is 0 Å². The molecule has 0 fully saturated rings. The average Bonchev–Trinajstić information content (AvgIpc) is 2.04. The Kier molecular flexibility index (Phi) is 2.63. The molecule has 0 aliphatic carbocycles. The number of Topliss-reactive ketones (excluding diaryl/α,β-unsaturated/α-hetero) is 1. The summed E-state index contributed by atoms with van der Waals surface area (Å²) < 4.78 is 0. The van der Waals surface area contributed by atoms with E-state index >= 15 is 0 Å². The standard InChI is InChI=1S/C9H13NO2/c1-3-10-5-4-8(7(2)11)6-9(10)12/h6H,3-5H2,1-2H3.